The highest BCUT2D eigenvalue weighted by Gasteiger charge is 2.59. The zero-order valence-electron chi connectivity index (χ0n) is 25.9. The SMILES string of the molecule is C/C=C\[C@@H](C)[C@H]1O[C@@H]1[C@H](O)[C@]1(O)COC(=O)C[C@@H](O)C(C)(C)C(=O)[C@H](C)[C@@H](O)/C(C)=C\[C@@H](C)[C@H](O)C[C@@H](O)[C@H](C)C1=O. The molecule has 0 bridgehead atoms. The normalized spacial score (nSPS) is 42.2. The van der Waals surface area contributed by atoms with Crippen molar-refractivity contribution in [3.63, 3.8) is 0 Å². The van der Waals surface area contributed by atoms with E-state index in [-0.39, 0.29) is 12.3 Å². The third-order valence-corrected chi connectivity index (χ3v) is 9.04. The van der Waals surface area contributed by atoms with E-state index in [1.54, 1.807) is 26.0 Å². The molecule has 11 heteroatoms. The average molecular weight is 599 g/mol. The summed E-state index contributed by atoms with van der Waals surface area (Å²) in [5.41, 5.74) is -3.78. The summed E-state index contributed by atoms with van der Waals surface area (Å²) in [6, 6.07) is 0. The summed E-state index contributed by atoms with van der Waals surface area (Å²) in [5.74, 6) is -5.60. The fourth-order valence-electron chi connectivity index (χ4n) is 5.61. The van der Waals surface area contributed by atoms with Crippen molar-refractivity contribution in [2.45, 2.75) is 117 Å². The predicted octanol–water partition coefficient (Wildman–Crippen LogP) is 0.858. The Balaban J connectivity index is 2.48. The smallest absolute Gasteiger partial charge is 0.308 e. The first-order valence-electron chi connectivity index (χ1n) is 14.6. The molecule has 12 atom stereocenters. The quantitative estimate of drug-likeness (QED) is 0.153. The molecule has 0 spiro atoms. The molecule has 11 nitrogen and oxygen atoms in total. The number of ether oxygens (including phenoxy) is 2. The van der Waals surface area contributed by atoms with Crippen LogP contribution in [0.15, 0.2) is 23.8 Å². The number of rotatable bonds is 4. The number of hydrogen-bond donors (Lipinski definition) is 6. The summed E-state index contributed by atoms with van der Waals surface area (Å²) in [5, 5.41) is 66.1. The van der Waals surface area contributed by atoms with Crippen LogP contribution in [0.1, 0.15) is 68.2 Å². The van der Waals surface area contributed by atoms with Crippen LogP contribution in [0.3, 0.4) is 0 Å². The maximum Gasteiger partial charge on any atom is 0.308 e. The lowest BCUT2D eigenvalue weighted by Gasteiger charge is -2.35. The summed E-state index contributed by atoms with van der Waals surface area (Å²) in [6.45, 7) is 11.6. The Morgan fingerprint density at radius 3 is 2.14 bits per heavy atom. The van der Waals surface area contributed by atoms with E-state index < -0.39 is 102 Å². The van der Waals surface area contributed by atoms with E-state index in [2.05, 4.69) is 0 Å². The van der Waals surface area contributed by atoms with Crippen LogP contribution in [0.2, 0.25) is 0 Å². The second kappa shape index (κ2) is 14.2. The van der Waals surface area contributed by atoms with E-state index in [4.69, 9.17) is 9.47 Å². The molecule has 0 unspecified atom stereocenters. The standard InChI is InChI=1S/C31H50O11/c1-9-10-15(2)25-26(42-25)29(39)31(40)14-41-23(35)13-22(34)30(7,8)27(37)19(6)24(36)17(4)11-16(3)20(32)12-21(33)18(5)28(31)38/h9-11,15-16,18-22,24-26,29,32-34,36,39-40H,12-14H2,1-8H3/b10-9-,17-11-/t15-,16-,18+,19-,20-,21-,22-,24+,25-,26+,29+,31+/m1/s1. The Morgan fingerprint density at radius 2 is 1.57 bits per heavy atom. The molecule has 42 heavy (non-hydrogen) atoms. The Morgan fingerprint density at radius 1 is 0.976 bits per heavy atom. The number of carbonyl (C=O) groups excluding carboxylic acids is 3. The molecular formula is C31H50O11. The van der Waals surface area contributed by atoms with Crippen LogP contribution in [0.25, 0.3) is 0 Å². The third-order valence-electron chi connectivity index (χ3n) is 9.04. The van der Waals surface area contributed by atoms with Crippen LogP contribution in [-0.2, 0) is 23.9 Å². The lowest BCUT2D eigenvalue weighted by molar-refractivity contribution is -0.178. The van der Waals surface area contributed by atoms with E-state index in [1.165, 1.54) is 27.7 Å². The van der Waals surface area contributed by atoms with Crippen molar-refractivity contribution >= 4 is 17.5 Å². The highest BCUT2D eigenvalue weighted by atomic mass is 16.6. The molecule has 2 aliphatic heterocycles. The van der Waals surface area contributed by atoms with Crippen LogP contribution < -0.4 is 0 Å². The molecule has 240 valence electrons. The van der Waals surface area contributed by atoms with Gasteiger partial charge in [0.15, 0.2) is 11.4 Å². The molecule has 0 aliphatic carbocycles. The molecule has 0 aromatic heterocycles. The van der Waals surface area contributed by atoms with Gasteiger partial charge in [-0.15, -0.1) is 0 Å². The molecule has 0 aromatic carbocycles. The van der Waals surface area contributed by atoms with Crippen molar-refractivity contribution in [1.29, 1.82) is 0 Å². The Bertz CT molecular complexity index is 1040. The predicted molar refractivity (Wildman–Crippen MR) is 153 cm³/mol. The number of epoxide rings is 1. The number of ketones is 2. The lowest BCUT2D eigenvalue weighted by atomic mass is 9.73. The third kappa shape index (κ3) is 7.93. The van der Waals surface area contributed by atoms with E-state index in [9.17, 15) is 45.0 Å². The van der Waals surface area contributed by atoms with Gasteiger partial charge < -0.3 is 40.1 Å². The van der Waals surface area contributed by atoms with Crippen molar-refractivity contribution in [2.75, 3.05) is 6.61 Å². The van der Waals surface area contributed by atoms with Crippen molar-refractivity contribution in [3.05, 3.63) is 23.8 Å². The monoisotopic (exact) mass is 598 g/mol. The fourth-order valence-corrected chi connectivity index (χ4v) is 5.61. The number of aliphatic hydroxyl groups is 6. The number of allylic oxidation sites excluding steroid dienone is 1. The summed E-state index contributed by atoms with van der Waals surface area (Å²) in [4.78, 5) is 39.7. The first kappa shape index (κ1) is 36.2. The number of esters is 1. The minimum atomic E-state index is -2.68. The Kier molecular flexibility index (Phi) is 12.2. The van der Waals surface area contributed by atoms with Crippen LogP contribution >= 0.6 is 0 Å². The zero-order valence-corrected chi connectivity index (χ0v) is 25.9. The highest BCUT2D eigenvalue weighted by molar-refractivity contribution is 5.91. The number of aliphatic hydroxyl groups excluding tert-OH is 5. The first-order valence-corrected chi connectivity index (χ1v) is 14.6. The van der Waals surface area contributed by atoms with Gasteiger partial charge in [-0.25, -0.2) is 0 Å². The summed E-state index contributed by atoms with van der Waals surface area (Å²) >= 11 is 0. The van der Waals surface area contributed by atoms with Gasteiger partial charge in [0.2, 0.25) is 0 Å². The number of cyclic esters (lactones) is 1. The summed E-state index contributed by atoms with van der Waals surface area (Å²) in [6.07, 6.45) is -4.45. The Labute approximate surface area is 248 Å². The van der Waals surface area contributed by atoms with Gasteiger partial charge >= 0.3 is 5.97 Å². The number of carbonyl (C=O) groups is 3. The van der Waals surface area contributed by atoms with Crippen LogP contribution in [-0.4, -0.2) is 103 Å². The second-order valence-corrected chi connectivity index (χ2v) is 12.8. The van der Waals surface area contributed by atoms with E-state index >= 15 is 0 Å². The van der Waals surface area contributed by atoms with E-state index in [0.29, 0.717) is 5.57 Å². The second-order valence-electron chi connectivity index (χ2n) is 12.8. The van der Waals surface area contributed by atoms with Gasteiger partial charge in [-0.3, -0.25) is 14.4 Å². The summed E-state index contributed by atoms with van der Waals surface area (Å²) < 4.78 is 10.8. The molecule has 2 rings (SSSR count). The molecule has 1 fully saturated rings. The van der Waals surface area contributed by atoms with Gasteiger partial charge in [0.1, 0.15) is 24.6 Å². The van der Waals surface area contributed by atoms with Crippen molar-refractivity contribution in [2.24, 2.45) is 29.1 Å². The lowest BCUT2D eigenvalue weighted by Crippen LogP contribution is -2.59. The number of Topliss-reactive ketones (excluding diaryl/α,β-unsaturated/α-hetero) is 2. The molecule has 0 saturated carbocycles. The largest absolute Gasteiger partial charge is 0.462 e. The zero-order chi connectivity index (χ0) is 32.3. The molecule has 2 heterocycles. The molecule has 6 N–H and O–H groups in total. The molecule has 0 aromatic rings. The molecule has 1 saturated heterocycles. The maximum absolute atomic E-state index is 13.6. The van der Waals surface area contributed by atoms with Gasteiger partial charge in [0.25, 0.3) is 0 Å². The highest BCUT2D eigenvalue weighted by Crippen LogP contribution is 2.38. The van der Waals surface area contributed by atoms with Gasteiger partial charge in [-0.05, 0) is 19.4 Å². The maximum atomic E-state index is 13.6. The average Bonchev–Trinajstić information content (AvgIpc) is 3.73. The first-order chi connectivity index (χ1) is 19.3. The number of hydrogen-bond acceptors (Lipinski definition) is 11. The van der Waals surface area contributed by atoms with Crippen molar-refractivity contribution in [1.82, 2.24) is 0 Å². The fraction of sp³-hybridized carbons (Fsp3) is 0.774. The van der Waals surface area contributed by atoms with Crippen LogP contribution in [0.4, 0.5) is 0 Å². The van der Waals surface area contributed by atoms with Crippen molar-refractivity contribution in [3.8, 4) is 0 Å². The molecule has 0 amide bonds. The molecule has 0 radical (unpaired) electrons. The summed E-state index contributed by atoms with van der Waals surface area (Å²) in [7, 11) is 0. The Hall–Kier alpha value is -1.99. The van der Waals surface area contributed by atoms with E-state index in [0.717, 1.165) is 0 Å². The molecule has 2 aliphatic rings. The van der Waals surface area contributed by atoms with E-state index in [1.807, 2.05) is 19.9 Å². The van der Waals surface area contributed by atoms with Gasteiger partial charge in [0, 0.05) is 30.1 Å². The minimum absolute atomic E-state index is 0.151. The van der Waals surface area contributed by atoms with Gasteiger partial charge in [-0.2, -0.15) is 0 Å². The van der Waals surface area contributed by atoms with Gasteiger partial charge in [-0.1, -0.05) is 59.8 Å². The van der Waals surface area contributed by atoms with Crippen LogP contribution in [0.5, 0.6) is 0 Å². The topological polar surface area (TPSA) is 194 Å². The van der Waals surface area contributed by atoms with Crippen LogP contribution in [0, 0.1) is 29.1 Å². The molecular weight excluding hydrogens is 548 g/mol. The minimum Gasteiger partial charge on any atom is -0.462 e. The van der Waals surface area contributed by atoms with Crippen molar-refractivity contribution < 1.29 is 54.5 Å². The van der Waals surface area contributed by atoms with Gasteiger partial charge in [0.05, 0.1) is 42.4 Å².